The minimum absolute atomic E-state index is 0.0518. The van der Waals surface area contributed by atoms with E-state index in [2.05, 4.69) is 26.1 Å². The zero-order valence-electron chi connectivity index (χ0n) is 22.5. The molecule has 1 aliphatic carbocycles. The second-order valence-corrected chi connectivity index (χ2v) is 11.5. The molecule has 2 N–H and O–H groups in total. The van der Waals surface area contributed by atoms with Gasteiger partial charge in [0, 0.05) is 17.7 Å². The van der Waals surface area contributed by atoms with E-state index < -0.39 is 11.6 Å². The molecule has 0 saturated heterocycles. The first-order valence-corrected chi connectivity index (χ1v) is 13.2. The fourth-order valence-electron chi connectivity index (χ4n) is 5.69. The number of aliphatic carboxylic acids is 1. The highest BCUT2D eigenvalue weighted by molar-refractivity contribution is 6.46. The molecule has 2 amide bonds. The normalized spacial score (nSPS) is 22.3. The molecule has 0 unspecified atom stereocenters. The van der Waals surface area contributed by atoms with Crippen LogP contribution >= 0.6 is 0 Å². The number of nitrogens with zero attached hydrogens (tertiary/aromatic N) is 2. The second kappa shape index (κ2) is 10.7. The van der Waals surface area contributed by atoms with Crippen molar-refractivity contribution in [3.63, 3.8) is 0 Å². The van der Waals surface area contributed by atoms with Crippen LogP contribution in [0.15, 0.2) is 53.5 Å². The Kier molecular flexibility index (Phi) is 7.72. The summed E-state index contributed by atoms with van der Waals surface area (Å²) in [4.78, 5) is 43.9. The number of rotatable bonds is 7. The van der Waals surface area contributed by atoms with Crippen molar-refractivity contribution >= 4 is 23.5 Å². The van der Waals surface area contributed by atoms with Crippen molar-refractivity contribution in [2.75, 3.05) is 6.54 Å². The molecule has 1 atom stereocenters. The summed E-state index contributed by atoms with van der Waals surface area (Å²) in [6, 6.07) is 12.6. The van der Waals surface area contributed by atoms with Crippen LogP contribution < -0.4 is 5.32 Å². The maximum Gasteiger partial charge on any atom is 0.305 e. The van der Waals surface area contributed by atoms with Gasteiger partial charge in [0.25, 0.3) is 11.8 Å². The number of carbonyl (C=O) groups excluding carboxylic acids is 2. The molecular formula is C30H36FN3O4. The third-order valence-electron chi connectivity index (χ3n) is 7.99. The zero-order chi connectivity index (χ0) is 27.7. The van der Waals surface area contributed by atoms with Gasteiger partial charge < -0.3 is 15.3 Å². The summed E-state index contributed by atoms with van der Waals surface area (Å²) in [5, 5.41) is 11.4. The van der Waals surface area contributed by atoms with Gasteiger partial charge in [-0.2, -0.15) is 0 Å². The summed E-state index contributed by atoms with van der Waals surface area (Å²) >= 11 is 0. The molecule has 8 heteroatoms. The van der Waals surface area contributed by atoms with Crippen molar-refractivity contribution in [1.29, 1.82) is 0 Å². The number of carboxylic acids is 1. The molecule has 1 spiro atoms. The number of amides is 2. The Morgan fingerprint density at radius 3 is 2.26 bits per heavy atom. The first-order valence-electron chi connectivity index (χ1n) is 13.2. The van der Waals surface area contributed by atoms with Crippen LogP contribution in [0.5, 0.6) is 0 Å². The van der Waals surface area contributed by atoms with E-state index in [1.165, 1.54) is 12.1 Å². The molecule has 2 aromatic rings. The Balaban J connectivity index is 1.60. The summed E-state index contributed by atoms with van der Waals surface area (Å²) in [7, 11) is 0. The van der Waals surface area contributed by atoms with Gasteiger partial charge in [0.05, 0.1) is 12.5 Å². The van der Waals surface area contributed by atoms with Gasteiger partial charge in [-0.05, 0) is 85.9 Å². The van der Waals surface area contributed by atoms with Crippen LogP contribution in [0.1, 0.15) is 87.3 Å². The molecule has 1 heterocycles. The molecule has 0 bridgehead atoms. The van der Waals surface area contributed by atoms with Crippen molar-refractivity contribution in [2.24, 2.45) is 16.3 Å². The lowest BCUT2D eigenvalue weighted by Gasteiger charge is -2.46. The Morgan fingerprint density at radius 1 is 1.11 bits per heavy atom. The van der Waals surface area contributed by atoms with Gasteiger partial charge in [-0.25, -0.2) is 4.39 Å². The van der Waals surface area contributed by atoms with E-state index in [0.717, 1.165) is 31.2 Å². The predicted molar refractivity (Wildman–Crippen MR) is 143 cm³/mol. The summed E-state index contributed by atoms with van der Waals surface area (Å²) < 4.78 is 13.6. The van der Waals surface area contributed by atoms with Gasteiger partial charge in [0.15, 0.2) is 0 Å². The SMILES string of the molecule is C[C@H](c1ccc(C(=O)NCCC(=O)O)cc1)N1C(=O)C(c2ccc(F)cc2)=NC12CCC(C(C)(C)C)CC2. The molecular weight excluding hydrogens is 485 g/mol. The monoisotopic (exact) mass is 521 g/mol. The van der Waals surface area contributed by atoms with Crippen LogP contribution in [0.2, 0.25) is 0 Å². The average Bonchev–Trinajstić information content (AvgIpc) is 3.14. The average molecular weight is 522 g/mol. The van der Waals surface area contributed by atoms with Crippen LogP contribution in [0, 0.1) is 17.2 Å². The number of halogens is 1. The van der Waals surface area contributed by atoms with Gasteiger partial charge in [-0.1, -0.05) is 32.9 Å². The van der Waals surface area contributed by atoms with Crippen molar-refractivity contribution in [3.8, 4) is 0 Å². The van der Waals surface area contributed by atoms with Crippen LogP contribution in [-0.4, -0.2) is 45.7 Å². The zero-order valence-corrected chi connectivity index (χ0v) is 22.5. The van der Waals surface area contributed by atoms with Crippen molar-refractivity contribution in [3.05, 3.63) is 71.0 Å². The second-order valence-electron chi connectivity index (χ2n) is 11.5. The molecule has 0 radical (unpaired) electrons. The third-order valence-corrected chi connectivity index (χ3v) is 7.99. The smallest absolute Gasteiger partial charge is 0.305 e. The summed E-state index contributed by atoms with van der Waals surface area (Å²) in [6.45, 7) is 8.78. The molecule has 7 nitrogen and oxygen atoms in total. The van der Waals surface area contributed by atoms with Crippen LogP contribution in [-0.2, 0) is 9.59 Å². The maximum atomic E-state index is 13.9. The molecule has 202 valence electrons. The van der Waals surface area contributed by atoms with Crippen LogP contribution in [0.4, 0.5) is 4.39 Å². The lowest BCUT2D eigenvalue weighted by molar-refractivity contribution is -0.137. The Labute approximate surface area is 223 Å². The van der Waals surface area contributed by atoms with E-state index in [0.29, 0.717) is 22.8 Å². The number of hydrogen-bond acceptors (Lipinski definition) is 4. The number of carboxylic acid groups (broad SMARTS) is 1. The lowest BCUT2D eigenvalue weighted by Crippen LogP contribution is -2.50. The topological polar surface area (TPSA) is 99.1 Å². The minimum atomic E-state index is -0.975. The Bertz CT molecular complexity index is 1220. The molecule has 2 aliphatic rings. The van der Waals surface area contributed by atoms with Crippen LogP contribution in [0.3, 0.4) is 0 Å². The number of aliphatic imine (C=N–C) groups is 1. The van der Waals surface area contributed by atoms with Gasteiger partial charge >= 0.3 is 5.97 Å². The van der Waals surface area contributed by atoms with Crippen molar-refractivity contribution in [1.82, 2.24) is 10.2 Å². The van der Waals surface area contributed by atoms with Crippen molar-refractivity contribution < 1.29 is 23.9 Å². The quantitative estimate of drug-likeness (QED) is 0.513. The van der Waals surface area contributed by atoms with E-state index in [1.54, 1.807) is 24.3 Å². The summed E-state index contributed by atoms with van der Waals surface area (Å²) in [5.74, 6) is -1.32. The van der Waals surface area contributed by atoms with Gasteiger partial charge in [0.1, 0.15) is 17.2 Å². The summed E-state index contributed by atoms with van der Waals surface area (Å²) in [6.07, 6.45) is 3.26. The largest absolute Gasteiger partial charge is 0.481 e. The van der Waals surface area contributed by atoms with E-state index in [9.17, 15) is 18.8 Å². The number of hydrogen-bond donors (Lipinski definition) is 2. The van der Waals surface area contributed by atoms with E-state index in [4.69, 9.17) is 10.1 Å². The summed E-state index contributed by atoms with van der Waals surface area (Å²) in [5.41, 5.74) is 1.76. The van der Waals surface area contributed by atoms with Gasteiger partial charge in [-0.15, -0.1) is 0 Å². The third kappa shape index (κ3) is 5.64. The van der Waals surface area contributed by atoms with Gasteiger partial charge in [0.2, 0.25) is 0 Å². The number of benzene rings is 2. The standard InChI is InChI=1S/C30H36FN3O4/c1-19(20-5-7-22(8-6-20)27(37)32-18-15-25(35)36)34-28(38)26(21-9-11-24(31)12-10-21)33-30(34)16-13-23(14-17-30)29(2,3)4/h5-12,19,23H,13-18H2,1-4H3,(H,32,37)(H,35,36)/t19-,23?,30?/m1/s1. The number of nitrogens with one attached hydrogen (secondary N) is 1. The highest BCUT2D eigenvalue weighted by Crippen LogP contribution is 2.49. The predicted octanol–water partition coefficient (Wildman–Crippen LogP) is 5.36. The van der Waals surface area contributed by atoms with E-state index >= 15 is 0 Å². The molecule has 1 saturated carbocycles. The highest BCUT2D eigenvalue weighted by atomic mass is 19.1. The van der Waals surface area contributed by atoms with Gasteiger partial charge in [-0.3, -0.25) is 19.4 Å². The maximum absolute atomic E-state index is 13.9. The Hall–Kier alpha value is -3.55. The van der Waals surface area contributed by atoms with Crippen molar-refractivity contribution in [2.45, 2.75) is 71.5 Å². The fraction of sp³-hybridized carbons (Fsp3) is 0.467. The minimum Gasteiger partial charge on any atom is -0.481 e. The Morgan fingerprint density at radius 2 is 1.71 bits per heavy atom. The first kappa shape index (κ1) is 27.5. The van der Waals surface area contributed by atoms with E-state index in [1.807, 2.05) is 24.0 Å². The fourth-order valence-corrected chi connectivity index (χ4v) is 5.69. The molecule has 38 heavy (non-hydrogen) atoms. The highest BCUT2D eigenvalue weighted by Gasteiger charge is 2.51. The van der Waals surface area contributed by atoms with Crippen LogP contribution in [0.25, 0.3) is 0 Å². The van der Waals surface area contributed by atoms with E-state index in [-0.39, 0.29) is 42.1 Å². The molecule has 1 aliphatic heterocycles. The molecule has 1 fully saturated rings. The lowest BCUT2D eigenvalue weighted by atomic mass is 9.69. The number of carbonyl (C=O) groups is 3. The molecule has 2 aromatic carbocycles. The molecule has 4 rings (SSSR count). The first-order chi connectivity index (χ1) is 17.9. The molecule has 0 aromatic heterocycles.